The monoisotopic (exact) mass is 541 g/mol. The van der Waals surface area contributed by atoms with Gasteiger partial charge in [0.2, 0.25) is 5.43 Å². The minimum absolute atomic E-state index is 0.0445. The number of alkyl halides is 1. The summed E-state index contributed by atoms with van der Waals surface area (Å²) < 4.78 is 63.3. The van der Waals surface area contributed by atoms with Crippen molar-refractivity contribution in [1.82, 2.24) is 14.8 Å². The van der Waals surface area contributed by atoms with E-state index in [0.717, 1.165) is 0 Å². The molecule has 1 N–H and O–H groups in total. The van der Waals surface area contributed by atoms with Crippen LogP contribution in [0.1, 0.15) is 44.8 Å². The molecule has 2 amide bonds. The summed E-state index contributed by atoms with van der Waals surface area (Å²) in [6.45, 7) is -0.484. The smallest absolute Gasteiger partial charge is 0.275 e. The number of aromatic nitrogens is 1. The van der Waals surface area contributed by atoms with Crippen molar-refractivity contribution in [2.45, 2.75) is 50.8 Å². The van der Waals surface area contributed by atoms with Crippen LogP contribution >= 0.6 is 0 Å². The van der Waals surface area contributed by atoms with E-state index >= 15 is 0 Å². The Morgan fingerprint density at radius 2 is 1.74 bits per heavy atom. The van der Waals surface area contributed by atoms with E-state index in [9.17, 15) is 31.9 Å². The van der Waals surface area contributed by atoms with Crippen LogP contribution < -0.4 is 15.5 Å². The normalized spacial score (nSPS) is 23.0. The van der Waals surface area contributed by atoms with Crippen molar-refractivity contribution < 1.29 is 31.9 Å². The van der Waals surface area contributed by atoms with Crippen LogP contribution in [0.4, 0.5) is 17.6 Å². The first-order valence-corrected chi connectivity index (χ1v) is 12.6. The van der Waals surface area contributed by atoms with Gasteiger partial charge in [0.05, 0.1) is 12.1 Å². The van der Waals surface area contributed by atoms with Crippen molar-refractivity contribution in [2.75, 3.05) is 0 Å². The number of rotatable bonds is 6. The molecule has 0 radical (unpaired) electrons. The zero-order valence-electron chi connectivity index (χ0n) is 20.5. The van der Waals surface area contributed by atoms with Crippen molar-refractivity contribution in [3.05, 3.63) is 98.7 Å². The quantitative estimate of drug-likeness (QED) is 0.483. The van der Waals surface area contributed by atoms with Crippen LogP contribution in [0.15, 0.2) is 53.5 Å². The summed E-state index contributed by atoms with van der Waals surface area (Å²) >= 11 is 0. The molecular weight excluding hydrogens is 518 g/mol. The average molecular weight is 542 g/mol. The highest BCUT2D eigenvalue weighted by Gasteiger charge is 2.56. The van der Waals surface area contributed by atoms with Crippen LogP contribution in [0.25, 0.3) is 0 Å². The van der Waals surface area contributed by atoms with Gasteiger partial charge in [-0.25, -0.2) is 17.6 Å². The van der Waals surface area contributed by atoms with Crippen LogP contribution in [0.3, 0.4) is 0 Å². The van der Waals surface area contributed by atoms with Crippen molar-refractivity contribution in [3.63, 3.8) is 0 Å². The Bertz CT molecular complexity index is 1520. The number of halogens is 4. The van der Waals surface area contributed by atoms with Gasteiger partial charge < -0.3 is 19.5 Å². The number of ether oxygens (including phenoxy) is 1. The largest absolute Gasteiger partial charge is 0.483 e. The first-order valence-electron chi connectivity index (χ1n) is 12.6. The number of benzene rings is 2. The number of nitrogens with one attached hydrogen (secondary N) is 1. The number of hydrogen-bond donors (Lipinski definition) is 1. The van der Waals surface area contributed by atoms with Gasteiger partial charge in [-0.05, 0) is 24.3 Å². The van der Waals surface area contributed by atoms with Crippen molar-refractivity contribution >= 4 is 11.8 Å². The number of pyridine rings is 1. The second-order valence-corrected chi connectivity index (χ2v) is 10.1. The Labute approximate surface area is 220 Å². The highest BCUT2D eigenvalue weighted by Crippen LogP contribution is 2.47. The Kier molecular flexibility index (Phi) is 6.16. The Morgan fingerprint density at radius 1 is 1.03 bits per heavy atom. The predicted octanol–water partition coefficient (Wildman–Crippen LogP) is 3.73. The van der Waals surface area contributed by atoms with Gasteiger partial charge in [-0.1, -0.05) is 30.3 Å². The maximum absolute atomic E-state index is 14.5. The summed E-state index contributed by atoms with van der Waals surface area (Å²) in [6, 6.07) is 9.00. The molecule has 0 spiro atoms. The highest BCUT2D eigenvalue weighted by atomic mass is 19.1. The molecule has 2 aliphatic heterocycles. The minimum Gasteiger partial charge on any atom is -0.483 e. The zero-order chi connectivity index (χ0) is 27.4. The molecule has 0 unspecified atom stereocenters. The number of carbonyl (C=O) groups is 2. The SMILES string of the molecule is O=C(NCc1c(F)cc(F)cc1F)c1cn2c(c(OCc3ccccc3)c1=O)C(=O)N1[C@H](C2)[C@@H]2C[C@@H](F)[C@H]1C2. The molecule has 1 aromatic heterocycles. The third-order valence-corrected chi connectivity index (χ3v) is 7.81. The van der Waals surface area contributed by atoms with E-state index < -0.39 is 64.6 Å². The van der Waals surface area contributed by atoms with E-state index in [2.05, 4.69) is 5.32 Å². The van der Waals surface area contributed by atoms with Crippen LogP contribution in [-0.4, -0.2) is 39.5 Å². The molecule has 7 nitrogen and oxygen atoms in total. The highest BCUT2D eigenvalue weighted by molar-refractivity contribution is 5.99. The molecule has 4 atom stereocenters. The summed E-state index contributed by atoms with van der Waals surface area (Å²) in [5.41, 5.74) is -1.21. The molecule has 2 aromatic carbocycles. The van der Waals surface area contributed by atoms with Gasteiger partial charge in [-0.15, -0.1) is 0 Å². The Balaban J connectivity index is 1.36. The van der Waals surface area contributed by atoms with Crippen molar-refractivity contribution in [3.8, 4) is 5.75 Å². The number of carbonyl (C=O) groups excluding carboxylic acids is 2. The molecule has 1 saturated carbocycles. The van der Waals surface area contributed by atoms with Gasteiger partial charge >= 0.3 is 0 Å². The van der Waals surface area contributed by atoms with E-state index in [4.69, 9.17) is 4.74 Å². The van der Waals surface area contributed by atoms with E-state index in [1.165, 1.54) is 15.7 Å². The van der Waals surface area contributed by atoms with Gasteiger partial charge in [0, 0.05) is 37.0 Å². The second kappa shape index (κ2) is 9.55. The lowest BCUT2D eigenvalue weighted by molar-refractivity contribution is 0.0313. The number of piperidine rings is 1. The lowest BCUT2D eigenvalue weighted by Gasteiger charge is -2.41. The van der Waals surface area contributed by atoms with Crippen LogP contribution in [0.2, 0.25) is 0 Å². The maximum atomic E-state index is 14.5. The molecule has 3 aliphatic rings. The number of fused-ring (bicyclic) bond motifs is 6. The Morgan fingerprint density at radius 3 is 2.46 bits per heavy atom. The fourth-order valence-electron chi connectivity index (χ4n) is 5.97. The summed E-state index contributed by atoms with van der Waals surface area (Å²) in [4.78, 5) is 41.7. The van der Waals surface area contributed by atoms with Gasteiger partial charge in [-0.2, -0.15) is 0 Å². The maximum Gasteiger partial charge on any atom is 0.275 e. The molecule has 2 bridgehead atoms. The molecule has 1 saturated heterocycles. The molecule has 11 heteroatoms. The van der Waals surface area contributed by atoms with Gasteiger partial charge in [-0.3, -0.25) is 14.4 Å². The molecule has 202 valence electrons. The summed E-state index contributed by atoms with van der Waals surface area (Å²) in [5.74, 6) is -5.36. The number of nitrogens with zero attached hydrogens (tertiary/aromatic N) is 2. The predicted molar refractivity (Wildman–Crippen MR) is 130 cm³/mol. The molecule has 39 heavy (non-hydrogen) atoms. The topological polar surface area (TPSA) is 80.6 Å². The third-order valence-electron chi connectivity index (χ3n) is 7.81. The van der Waals surface area contributed by atoms with E-state index in [1.54, 1.807) is 30.3 Å². The summed E-state index contributed by atoms with van der Waals surface area (Å²) in [7, 11) is 0. The van der Waals surface area contributed by atoms with Crippen LogP contribution in [0, 0.1) is 23.4 Å². The molecule has 1 aliphatic carbocycles. The first kappa shape index (κ1) is 25.1. The molecule has 3 aromatic rings. The summed E-state index contributed by atoms with van der Waals surface area (Å²) in [5, 5.41) is 2.30. The first-order chi connectivity index (χ1) is 18.7. The standard InChI is InChI=1S/C28H23F4N3O4/c29-16-8-19(30)17(20(31)9-16)10-33-27(37)18-11-34-12-23-15-6-21(32)22(7-15)35(23)28(38)24(34)26(25(18)36)39-13-14-4-2-1-3-5-14/h1-5,8-9,11,15,21-23H,6-7,10,12-13H2,(H,33,37)/t15-,21-,22-,23-/m1/s1. The van der Waals surface area contributed by atoms with E-state index in [1.807, 2.05) is 0 Å². The minimum atomic E-state index is -1.19. The van der Waals surface area contributed by atoms with Crippen LogP contribution in [-0.2, 0) is 19.7 Å². The van der Waals surface area contributed by atoms with E-state index in [0.29, 0.717) is 30.5 Å². The second-order valence-electron chi connectivity index (χ2n) is 10.1. The fourth-order valence-corrected chi connectivity index (χ4v) is 5.97. The van der Waals surface area contributed by atoms with Crippen molar-refractivity contribution in [2.24, 2.45) is 5.92 Å². The molecule has 3 heterocycles. The number of amides is 2. The molecular formula is C28H23F4N3O4. The molecule has 2 fully saturated rings. The van der Waals surface area contributed by atoms with E-state index in [-0.39, 0.29) is 36.6 Å². The average Bonchev–Trinajstić information content (AvgIpc) is 3.45. The zero-order valence-corrected chi connectivity index (χ0v) is 20.5. The van der Waals surface area contributed by atoms with Crippen molar-refractivity contribution in [1.29, 1.82) is 0 Å². The summed E-state index contributed by atoms with van der Waals surface area (Å²) in [6.07, 6.45) is 0.959. The number of hydrogen-bond acceptors (Lipinski definition) is 4. The lowest BCUT2D eigenvalue weighted by atomic mass is 9.95. The lowest BCUT2D eigenvalue weighted by Crippen LogP contribution is -2.55. The fraction of sp³-hybridized carbons (Fsp3) is 0.321. The Hall–Kier alpha value is -4.15. The molecule has 6 rings (SSSR count). The van der Waals surface area contributed by atoms with Crippen LogP contribution in [0.5, 0.6) is 5.75 Å². The van der Waals surface area contributed by atoms with Gasteiger partial charge in [0.15, 0.2) is 11.4 Å². The van der Waals surface area contributed by atoms with Gasteiger partial charge in [0.1, 0.15) is 35.8 Å². The third kappa shape index (κ3) is 4.25. The van der Waals surface area contributed by atoms with Gasteiger partial charge in [0.25, 0.3) is 11.8 Å².